The summed E-state index contributed by atoms with van der Waals surface area (Å²) in [6.45, 7) is 7.03. The lowest BCUT2D eigenvalue weighted by atomic mass is 9.92. The number of quaternary nitrogens is 1. The Labute approximate surface area is 139 Å². The van der Waals surface area contributed by atoms with E-state index in [-0.39, 0.29) is 36.4 Å². The zero-order valence-electron chi connectivity index (χ0n) is 14.3. The molecule has 24 heavy (non-hydrogen) atoms. The van der Waals surface area contributed by atoms with Crippen molar-refractivity contribution in [3.05, 3.63) is 0 Å². The number of amidine groups is 1. The molecule has 0 aliphatic carbocycles. The lowest BCUT2D eigenvalue weighted by Crippen LogP contribution is -2.64. The molecule has 0 spiro atoms. The summed E-state index contributed by atoms with van der Waals surface area (Å²) in [7, 11) is 0. The third-order valence-corrected chi connectivity index (χ3v) is 5.21. The molecule has 3 N–H and O–H groups in total. The Morgan fingerprint density at radius 2 is 1.88 bits per heavy atom. The molecule has 0 saturated carbocycles. The van der Waals surface area contributed by atoms with Crippen molar-refractivity contribution in [2.24, 2.45) is 4.99 Å². The van der Waals surface area contributed by atoms with E-state index in [9.17, 15) is 29.7 Å². The number of hydrogen-bond acceptors (Lipinski definition) is 5. The van der Waals surface area contributed by atoms with Crippen molar-refractivity contribution in [2.45, 2.75) is 51.3 Å². The van der Waals surface area contributed by atoms with Crippen molar-refractivity contribution in [1.82, 2.24) is 4.90 Å². The first-order valence-corrected chi connectivity index (χ1v) is 7.79. The molecule has 1 fully saturated rings. The van der Waals surface area contributed by atoms with Crippen LogP contribution in [0.5, 0.6) is 0 Å². The van der Waals surface area contributed by atoms with Crippen molar-refractivity contribution in [2.75, 3.05) is 19.6 Å². The van der Waals surface area contributed by atoms with Gasteiger partial charge in [-0.3, -0.25) is 14.7 Å². The van der Waals surface area contributed by atoms with Gasteiger partial charge in [0.2, 0.25) is 0 Å². The number of aliphatic imine (C=N–C) groups is 1. The van der Waals surface area contributed by atoms with E-state index in [1.54, 1.807) is 0 Å². The van der Waals surface area contributed by atoms with Crippen LogP contribution in [-0.4, -0.2) is 85.3 Å². The highest BCUT2D eigenvalue weighted by Gasteiger charge is 2.55. The molecule has 134 valence electrons. The Morgan fingerprint density at radius 3 is 2.33 bits per heavy atom. The van der Waals surface area contributed by atoms with Crippen molar-refractivity contribution >= 4 is 23.8 Å². The molecular formula is C15H24N3O6+. The number of amides is 2. The van der Waals surface area contributed by atoms with Crippen molar-refractivity contribution in [1.29, 1.82) is 0 Å². The number of aliphatic carboxylic acids is 1. The predicted octanol–water partition coefficient (Wildman–Crippen LogP) is 0.128. The number of rotatable bonds is 1. The minimum absolute atomic E-state index is 0.0635. The van der Waals surface area contributed by atoms with E-state index >= 15 is 0 Å². The summed E-state index contributed by atoms with van der Waals surface area (Å²) in [6.07, 6.45) is -2.65. The van der Waals surface area contributed by atoms with Gasteiger partial charge in [-0.05, 0) is 27.7 Å². The second-order valence-electron chi connectivity index (χ2n) is 7.49. The van der Waals surface area contributed by atoms with Gasteiger partial charge >= 0.3 is 12.1 Å². The number of carboxylic acid groups (broad SMARTS) is 2. The maximum absolute atomic E-state index is 12.4. The SMILES string of the molecule is CC1(C(=O)O)N=C2CC[N+](C(=O)O)(C(C)(C)C)CCN2C(=O)C1O. The van der Waals surface area contributed by atoms with E-state index in [4.69, 9.17) is 0 Å². The number of aliphatic hydroxyl groups is 1. The quantitative estimate of drug-likeness (QED) is 0.581. The molecule has 2 aliphatic heterocycles. The number of fused-ring (bicyclic) bond motifs is 1. The maximum atomic E-state index is 12.4. The largest absolute Gasteiger partial charge is 0.514 e. The molecule has 0 aromatic carbocycles. The van der Waals surface area contributed by atoms with E-state index in [0.717, 1.165) is 0 Å². The Balaban J connectivity index is 2.48. The van der Waals surface area contributed by atoms with Gasteiger partial charge < -0.3 is 15.3 Å². The normalized spacial score (nSPS) is 34.2. The van der Waals surface area contributed by atoms with Gasteiger partial charge in [0.05, 0.1) is 19.5 Å². The standard InChI is InChI=1S/C15H23N3O6/c1-14(2,3)18(13(23)24)7-5-9-16-15(4,12(21)22)10(19)11(20)17(9)6-8-18/h10,19H,5-8H2,1-4H3,(H-,21,22,23,24)/p+1. The Hall–Kier alpha value is -2.00. The van der Waals surface area contributed by atoms with Crippen LogP contribution in [0, 0.1) is 0 Å². The van der Waals surface area contributed by atoms with Gasteiger partial charge in [0, 0.05) is 0 Å². The van der Waals surface area contributed by atoms with Crippen LogP contribution < -0.4 is 0 Å². The molecule has 0 radical (unpaired) electrons. The van der Waals surface area contributed by atoms with E-state index < -0.39 is 35.2 Å². The van der Waals surface area contributed by atoms with Crippen LogP contribution in [-0.2, 0) is 9.59 Å². The number of carbonyl (C=O) groups is 3. The molecule has 1 saturated heterocycles. The molecule has 3 unspecified atom stereocenters. The van der Waals surface area contributed by atoms with Crippen LogP contribution in [0.25, 0.3) is 0 Å². The monoisotopic (exact) mass is 342 g/mol. The Morgan fingerprint density at radius 1 is 1.29 bits per heavy atom. The average Bonchev–Trinajstić information content (AvgIpc) is 2.64. The topological polar surface area (TPSA) is 127 Å². The number of carbonyl (C=O) groups excluding carboxylic acids is 1. The zero-order valence-corrected chi connectivity index (χ0v) is 14.3. The van der Waals surface area contributed by atoms with E-state index in [1.807, 2.05) is 20.8 Å². The third-order valence-electron chi connectivity index (χ3n) is 5.21. The van der Waals surface area contributed by atoms with Crippen LogP contribution in [0.3, 0.4) is 0 Å². The van der Waals surface area contributed by atoms with Crippen molar-refractivity contribution in [3.8, 4) is 0 Å². The minimum atomic E-state index is -1.95. The fraction of sp³-hybridized carbons (Fsp3) is 0.733. The molecular weight excluding hydrogens is 318 g/mol. The van der Waals surface area contributed by atoms with Gasteiger partial charge in [0.1, 0.15) is 17.9 Å². The van der Waals surface area contributed by atoms with Crippen LogP contribution in [0.15, 0.2) is 4.99 Å². The first kappa shape index (κ1) is 18.3. The lowest BCUT2D eigenvalue weighted by Gasteiger charge is -2.42. The minimum Gasteiger partial charge on any atom is -0.479 e. The third kappa shape index (κ3) is 2.48. The first-order chi connectivity index (χ1) is 10.9. The fourth-order valence-electron chi connectivity index (χ4n) is 3.32. The second kappa shape index (κ2) is 5.52. The van der Waals surface area contributed by atoms with Gasteiger partial charge in [0.25, 0.3) is 5.91 Å². The Kier molecular flexibility index (Phi) is 4.22. The number of hydrogen-bond donors (Lipinski definition) is 3. The first-order valence-electron chi connectivity index (χ1n) is 7.79. The molecule has 2 rings (SSSR count). The summed E-state index contributed by atoms with van der Waals surface area (Å²) in [5.74, 6) is -1.92. The number of nitrogens with zero attached hydrogens (tertiary/aromatic N) is 3. The predicted molar refractivity (Wildman–Crippen MR) is 83.6 cm³/mol. The summed E-state index contributed by atoms with van der Waals surface area (Å²) >= 11 is 0. The summed E-state index contributed by atoms with van der Waals surface area (Å²) < 4.78 is -0.268. The van der Waals surface area contributed by atoms with Gasteiger partial charge in [-0.1, -0.05) is 0 Å². The summed E-state index contributed by atoms with van der Waals surface area (Å²) in [4.78, 5) is 41.2. The highest BCUT2D eigenvalue weighted by molar-refractivity contribution is 6.07. The Bertz CT molecular complexity index is 625. The maximum Gasteiger partial charge on any atom is 0.514 e. The van der Waals surface area contributed by atoms with Gasteiger partial charge in [-0.25, -0.2) is 9.28 Å². The van der Waals surface area contributed by atoms with E-state index in [2.05, 4.69) is 4.99 Å². The zero-order chi connectivity index (χ0) is 18.5. The van der Waals surface area contributed by atoms with Gasteiger partial charge in [-0.2, -0.15) is 4.79 Å². The molecule has 2 heterocycles. The molecule has 0 aromatic heterocycles. The number of carboxylic acids is 1. The molecule has 3 atom stereocenters. The lowest BCUT2D eigenvalue weighted by molar-refractivity contribution is -0.901. The van der Waals surface area contributed by atoms with Crippen LogP contribution in [0.4, 0.5) is 4.79 Å². The van der Waals surface area contributed by atoms with Crippen LogP contribution >= 0.6 is 0 Å². The second-order valence-corrected chi connectivity index (χ2v) is 7.49. The molecule has 9 nitrogen and oxygen atoms in total. The number of aliphatic hydroxyl groups excluding tert-OH is 1. The molecule has 2 amide bonds. The summed E-state index contributed by atoms with van der Waals surface area (Å²) in [5, 5.41) is 29.2. The molecule has 0 aromatic rings. The van der Waals surface area contributed by atoms with Crippen molar-refractivity contribution in [3.63, 3.8) is 0 Å². The molecule has 2 aliphatic rings. The van der Waals surface area contributed by atoms with Gasteiger partial charge in [-0.15, -0.1) is 0 Å². The van der Waals surface area contributed by atoms with Crippen molar-refractivity contribution < 1.29 is 34.2 Å². The smallest absolute Gasteiger partial charge is 0.479 e. The highest BCUT2D eigenvalue weighted by Crippen LogP contribution is 2.32. The fourth-order valence-corrected chi connectivity index (χ4v) is 3.32. The van der Waals surface area contributed by atoms with Crippen LogP contribution in [0.2, 0.25) is 0 Å². The molecule has 0 bridgehead atoms. The van der Waals surface area contributed by atoms with Crippen LogP contribution in [0.1, 0.15) is 34.1 Å². The van der Waals surface area contributed by atoms with Gasteiger partial charge in [0.15, 0.2) is 11.6 Å². The summed E-state index contributed by atoms with van der Waals surface area (Å²) in [5.41, 5.74) is -2.56. The molecule has 9 heteroatoms. The summed E-state index contributed by atoms with van der Waals surface area (Å²) in [6, 6.07) is 0. The highest BCUT2D eigenvalue weighted by atomic mass is 16.4. The van der Waals surface area contributed by atoms with E-state index in [1.165, 1.54) is 11.8 Å². The van der Waals surface area contributed by atoms with E-state index in [0.29, 0.717) is 0 Å². The average molecular weight is 342 g/mol.